The molecule has 0 saturated heterocycles. The number of carbonyl (C=O) groups excluding carboxylic acids is 1. The molecule has 0 fully saturated rings. The van der Waals surface area contributed by atoms with E-state index in [0.717, 1.165) is 22.6 Å². The molecular weight excluding hydrogens is 380 g/mol. The predicted molar refractivity (Wildman–Crippen MR) is 105 cm³/mol. The monoisotopic (exact) mass is 398 g/mol. The number of amides is 1. The second-order valence-electron chi connectivity index (χ2n) is 6.49. The van der Waals surface area contributed by atoms with Crippen molar-refractivity contribution in [2.75, 3.05) is 13.3 Å². The van der Waals surface area contributed by atoms with E-state index in [1.54, 1.807) is 12.1 Å². The minimum atomic E-state index is -0.0974. The molecule has 0 bridgehead atoms. The number of ether oxygens (including phenoxy) is 2. The van der Waals surface area contributed by atoms with Crippen LogP contribution in [-0.2, 0) is 17.6 Å². The van der Waals surface area contributed by atoms with Crippen molar-refractivity contribution >= 4 is 17.5 Å². The molecule has 3 aromatic rings. The number of nitrogens with one attached hydrogen (secondary N) is 1. The highest BCUT2D eigenvalue weighted by Crippen LogP contribution is 2.32. The van der Waals surface area contributed by atoms with E-state index in [2.05, 4.69) is 10.3 Å². The van der Waals surface area contributed by atoms with E-state index in [-0.39, 0.29) is 19.1 Å². The van der Waals surface area contributed by atoms with Gasteiger partial charge in [0.1, 0.15) is 5.76 Å². The summed E-state index contributed by atoms with van der Waals surface area (Å²) in [5.41, 5.74) is 2.53. The lowest BCUT2D eigenvalue weighted by Crippen LogP contribution is -2.27. The van der Waals surface area contributed by atoms with Crippen LogP contribution in [0.3, 0.4) is 0 Å². The number of hydrogen-bond acceptors (Lipinski definition) is 5. The third-order valence-corrected chi connectivity index (χ3v) is 4.74. The van der Waals surface area contributed by atoms with E-state index < -0.39 is 0 Å². The van der Waals surface area contributed by atoms with Crippen molar-refractivity contribution < 1.29 is 18.7 Å². The van der Waals surface area contributed by atoms with Crippen molar-refractivity contribution in [3.05, 3.63) is 64.5 Å². The minimum Gasteiger partial charge on any atom is -0.454 e. The van der Waals surface area contributed by atoms with Crippen molar-refractivity contribution in [1.29, 1.82) is 0 Å². The quantitative estimate of drug-likeness (QED) is 0.681. The largest absolute Gasteiger partial charge is 0.454 e. The third kappa shape index (κ3) is 4.12. The lowest BCUT2D eigenvalue weighted by molar-refractivity contribution is -0.120. The molecule has 1 aromatic heterocycles. The van der Waals surface area contributed by atoms with E-state index in [9.17, 15) is 4.79 Å². The second kappa shape index (κ2) is 7.94. The molecular formula is C21H19ClN2O4. The molecule has 7 heteroatoms. The average Bonchev–Trinajstić information content (AvgIpc) is 3.29. The van der Waals surface area contributed by atoms with Crippen molar-refractivity contribution in [2.24, 2.45) is 0 Å². The highest BCUT2D eigenvalue weighted by atomic mass is 35.5. The van der Waals surface area contributed by atoms with Gasteiger partial charge < -0.3 is 19.2 Å². The molecule has 0 aliphatic carbocycles. The van der Waals surface area contributed by atoms with Crippen LogP contribution in [0.4, 0.5) is 0 Å². The van der Waals surface area contributed by atoms with Crippen LogP contribution in [0.2, 0.25) is 5.02 Å². The predicted octanol–water partition coefficient (Wildman–Crippen LogP) is 3.93. The second-order valence-corrected chi connectivity index (χ2v) is 6.93. The molecule has 1 aliphatic rings. The molecule has 0 unspecified atom stereocenters. The molecule has 0 spiro atoms. The molecule has 2 aromatic carbocycles. The van der Waals surface area contributed by atoms with E-state index in [1.165, 1.54) is 0 Å². The number of nitrogens with zero attached hydrogens (tertiary/aromatic N) is 1. The molecule has 4 rings (SSSR count). The van der Waals surface area contributed by atoms with Gasteiger partial charge in [0.05, 0.1) is 12.1 Å². The maximum absolute atomic E-state index is 12.3. The summed E-state index contributed by atoms with van der Waals surface area (Å²) in [7, 11) is 0. The van der Waals surface area contributed by atoms with Gasteiger partial charge in [-0.2, -0.15) is 0 Å². The molecule has 144 valence electrons. The summed E-state index contributed by atoms with van der Waals surface area (Å²) in [4.78, 5) is 16.7. The van der Waals surface area contributed by atoms with Gasteiger partial charge in [-0.3, -0.25) is 4.79 Å². The topological polar surface area (TPSA) is 73.6 Å². The van der Waals surface area contributed by atoms with Crippen molar-refractivity contribution in [2.45, 2.75) is 19.8 Å². The fraction of sp³-hybridized carbons (Fsp3) is 0.238. The van der Waals surface area contributed by atoms with Crippen LogP contribution in [0.15, 0.2) is 46.9 Å². The Kier molecular flexibility index (Phi) is 5.21. The zero-order chi connectivity index (χ0) is 19.5. The van der Waals surface area contributed by atoms with Gasteiger partial charge in [-0.15, -0.1) is 0 Å². The molecule has 28 heavy (non-hydrogen) atoms. The van der Waals surface area contributed by atoms with Gasteiger partial charge in [0.25, 0.3) is 0 Å². The zero-order valence-corrected chi connectivity index (χ0v) is 16.1. The zero-order valence-electron chi connectivity index (χ0n) is 15.3. The average molecular weight is 399 g/mol. The number of oxazole rings is 1. The van der Waals surface area contributed by atoms with Crippen LogP contribution >= 0.6 is 11.6 Å². The maximum atomic E-state index is 12.3. The lowest BCUT2D eigenvalue weighted by atomic mass is 10.1. The maximum Gasteiger partial charge on any atom is 0.231 e. The van der Waals surface area contributed by atoms with Gasteiger partial charge in [0.2, 0.25) is 18.6 Å². The third-order valence-electron chi connectivity index (χ3n) is 4.48. The summed E-state index contributed by atoms with van der Waals surface area (Å²) in [6, 6.07) is 13.0. The molecule has 0 radical (unpaired) electrons. The highest BCUT2D eigenvalue weighted by molar-refractivity contribution is 6.30. The molecule has 1 N–H and O–H groups in total. The Hall–Kier alpha value is -2.99. The summed E-state index contributed by atoms with van der Waals surface area (Å²) < 4.78 is 16.4. The summed E-state index contributed by atoms with van der Waals surface area (Å²) in [6.45, 7) is 2.59. The lowest BCUT2D eigenvalue weighted by Gasteiger charge is -2.05. The number of aromatic nitrogens is 1. The van der Waals surface area contributed by atoms with Crippen LogP contribution < -0.4 is 14.8 Å². The fourth-order valence-electron chi connectivity index (χ4n) is 2.97. The number of aryl methyl sites for hydroxylation is 1. The molecule has 1 amide bonds. The Morgan fingerprint density at radius 3 is 2.75 bits per heavy atom. The van der Waals surface area contributed by atoms with Crippen LogP contribution in [-0.4, -0.2) is 24.2 Å². The highest BCUT2D eigenvalue weighted by Gasteiger charge is 2.15. The van der Waals surface area contributed by atoms with Gasteiger partial charge in [-0.1, -0.05) is 17.7 Å². The SMILES string of the molecule is Cc1oc(-c2ccc(Cl)cc2)nc1CC(=O)NCCc1ccc2c(c1)OCO2. The van der Waals surface area contributed by atoms with Gasteiger partial charge in [0.15, 0.2) is 11.5 Å². The molecule has 2 heterocycles. The van der Waals surface area contributed by atoms with E-state index in [1.807, 2.05) is 37.3 Å². The van der Waals surface area contributed by atoms with E-state index >= 15 is 0 Å². The fourth-order valence-corrected chi connectivity index (χ4v) is 3.09. The van der Waals surface area contributed by atoms with Crippen molar-refractivity contribution in [1.82, 2.24) is 10.3 Å². The van der Waals surface area contributed by atoms with Gasteiger partial charge in [0, 0.05) is 17.1 Å². The number of halogens is 1. The van der Waals surface area contributed by atoms with Crippen molar-refractivity contribution in [3.8, 4) is 23.0 Å². The first-order valence-electron chi connectivity index (χ1n) is 8.96. The Bertz CT molecular complexity index is 998. The standard InChI is InChI=1S/C21H19ClN2O4/c1-13-17(24-21(28-13)15-3-5-16(22)6-4-15)11-20(25)23-9-8-14-2-7-18-19(10-14)27-12-26-18/h2-7,10H,8-9,11-12H2,1H3,(H,23,25). The summed E-state index contributed by atoms with van der Waals surface area (Å²) in [6.07, 6.45) is 0.875. The number of carbonyl (C=O) groups is 1. The minimum absolute atomic E-state index is 0.0974. The van der Waals surface area contributed by atoms with Crippen LogP contribution in [0.5, 0.6) is 11.5 Å². The first kappa shape index (κ1) is 18.4. The number of benzene rings is 2. The first-order chi connectivity index (χ1) is 13.6. The number of fused-ring (bicyclic) bond motifs is 1. The summed E-state index contributed by atoms with van der Waals surface area (Å²) in [5, 5.41) is 3.57. The number of hydrogen-bond donors (Lipinski definition) is 1. The first-order valence-corrected chi connectivity index (χ1v) is 9.34. The van der Waals surface area contributed by atoms with Gasteiger partial charge >= 0.3 is 0 Å². The number of rotatable bonds is 6. The van der Waals surface area contributed by atoms with Gasteiger partial charge in [-0.05, 0) is 55.3 Å². The smallest absolute Gasteiger partial charge is 0.231 e. The molecule has 6 nitrogen and oxygen atoms in total. The van der Waals surface area contributed by atoms with Crippen LogP contribution in [0, 0.1) is 6.92 Å². The van der Waals surface area contributed by atoms with Crippen LogP contribution in [0.1, 0.15) is 17.0 Å². The summed E-state index contributed by atoms with van der Waals surface area (Å²) in [5.74, 6) is 2.52. The van der Waals surface area contributed by atoms with Crippen LogP contribution in [0.25, 0.3) is 11.5 Å². The van der Waals surface area contributed by atoms with Gasteiger partial charge in [-0.25, -0.2) is 4.98 Å². The Morgan fingerprint density at radius 1 is 1.14 bits per heavy atom. The Morgan fingerprint density at radius 2 is 1.93 bits per heavy atom. The summed E-state index contributed by atoms with van der Waals surface area (Å²) >= 11 is 5.91. The molecule has 0 atom stereocenters. The Balaban J connectivity index is 1.32. The molecule has 0 saturated carbocycles. The molecule has 1 aliphatic heterocycles. The van der Waals surface area contributed by atoms with Crippen molar-refractivity contribution in [3.63, 3.8) is 0 Å². The Labute approximate surface area is 167 Å². The normalized spacial score (nSPS) is 12.2. The van der Waals surface area contributed by atoms with E-state index in [4.69, 9.17) is 25.5 Å². The van der Waals surface area contributed by atoms with E-state index in [0.29, 0.717) is 35.3 Å².